The van der Waals surface area contributed by atoms with Crippen molar-refractivity contribution in [3.05, 3.63) is 48.2 Å². The highest BCUT2D eigenvalue weighted by Crippen LogP contribution is 2.32. The first kappa shape index (κ1) is 18.2. The van der Waals surface area contributed by atoms with E-state index in [2.05, 4.69) is 15.3 Å². The highest BCUT2D eigenvalue weighted by molar-refractivity contribution is 6.42. The van der Waals surface area contributed by atoms with Gasteiger partial charge in [-0.1, -0.05) is 24.3 Å². The molecule has 2 aromatic heterocycles. The van der Waals surface area contributed by atoms with Crippen LogP contribution in [0.25, 0.3) is 22.2 Å². The average molecular weight is 370 g/mol. The fraction of sp³-hybridized carbons (Fsp3) is 0.111. The van der Waals surface area contributed by atoms with Gasteiger partial charge in [-0.15, -0.1) is 0 Å². The van der Waals surface area contributed by atoms with E-state index >= 15 is 0 Å². The van der Waals surface area contributed by atoms with Gasteiger partial charge in [0.1, 0.15) is 5.82 Å². The van der Waals surface area contributed by atoms with Gasteiger partial charge in [0.2, 0.25) is 0 Å². The second-order valence-corrected chi connectivity index (χ2v) is 5.77. The maximum atomic E-state index is 13.2. The lowest BCUT2D eigenvalue weighted by Crippen LogP contribution is -2.35. The summed E-state index contributed by atoms with van der Waals surface area (Å²) in [6.07, 6.45) is -0.256. The lowest BCUT2D eigenvalue weighted by atomic mass is 10.1. The molecule has 138 valence electrons. The number of carbonyl (C=O) groups is 1. The Morgan fingerprint density at radius 3 is 2.78 bits per heavy atom. The smallest absolute Gasteiger partial charge is 0.292 e. The molecule has 0 saturated carbocycles. The molecule has 7 nitrogen and oxygen atoms in total. The first-order valence-electron chi connectivity index (χ1n) is 7.90. The fourth-order valence-electron chi connectivity index (χ4n) is 2.57. The number of rotatable bonds is 4. The first-order chi connectivity index (χ1) is 12.9. The van der Waals surface area contributed by atoms with Crippen LogP contribution in [0.2, 0.25) is 0 Å². The van der Waals surface area contributed by atoms with Crippen molar-refractivity contribution >= 4 is 34.8 Å². The summed E-state index contributed by atoms with van der Waals surface area (Å²) in [6, 6.07) is 9.49. The first-order valence-corrected chi connectivity index (χ1v) is 7.90. The van der Waals surface area contributed by atoms with E-state index in [9.17, 15) is 13.6 Å². The number of likely N-dealkylation sites (N-methyl/N-ethyl adjacent to an activating group) is 1. The van der Waals surface area contributed by atoms with Crippen molar-refractivity contribution in [1.82, 2.24) is 14.9 Å². The number of amides is 1. The van der Waals surface area contributed by atoms with Crippen LogP contribution in [-0.4, -0.2) is 40.0 Å². The third-order valence-corrected chi connectivity index (χ3v) is 3.99. The molecule has 0 atom stereocenters. The second kappa shape index (κ2) is 7.32. The molecular formula is C18H16F2N6O. The fourth-order valence-corrected chi connectivity index (χ4v) is 2.57. The zero-order valence-electron chi connectivity index (χ0n) is 14.3. The molecule has 3 rings (SSSR count). The van der Waals surface area contributed by atoms with E-state index in [4.69, 9.17) is 10.8 Å². The molecule has 0 aliphatic rings. The number of alkyl halides is 2. The summed E-state index contributed by atoms with van der Waals surface area (Å²) in [7, 11) is 1.41. The van der Waals surface area contributed by atoms with Crippen molar-refractivity contribution in [1.29, 1.82) is 10.8 Å². The molecule has 2 heterocycles. The van der Waals surface area contributed by atoms with Gasteiger partial charge in [-0.3, -0.25) is 15.6 Å². The van der Waals surface area contributed by atoms with Gasteiger partial charge < -0.3 is 15.2 Å². The number of hydrogen-bond donors (Lipinski definition) is 4. The molecule has 27 heavy (non-hydrogen) atoms. The predicted molar refractivity (Wildman–Crippen MR) is 99.4 cm³/mol. The maximum absolute atomic E-state index is 13.2. The molecule has 9 heteroatoms. The summed E-state index contributed by atoms with van der Waals surface area (Å²) in [5.41, 5.74) is 1.44. The third kappa shape index (κ3) is 3.66. The average Bonchev–Trinajstić information content (AvgIpc) is 3.09. The zero-order chi connectivity index (χ0) is 19.6. The van der Waals surface area contributed by atoms with Crippen LogP contribution < -0.4 is 5.32 Å². The van der Waals surface area contributed by atoms with Gasteiger partial charge in [0, 0.05) is 41.5 Å². The van der Waals surface area contributed by atoms with Gasteiger partial charge in [0.25, 0.3) is 12.3 Å². The van der Waals surface area contributed by atoms with E-state index in [1.807, 2.05) is 0 Å². The lowest BCUT2D eigenvalue weighted by Gasteiger charge is -2.12. The summed E-state index contributed by atoms with van der Waals surface area (Å²) >= 11 is 0. The lowest BCUT2D eigenvalue weighted by molar-refractivity contribution is -0.110. The SMILES string of the molecule is CN(C=N)C(=N)C(=O)Nc1cc2[nH]c(-c3ccccc3C(F)F)cc2cn1. The van der Waals surface area contributed by atoms with Crippen LogP contribution >= 0.6 is 0 Å². The Balaban J connectivity index is 1.91. The van der Waals surface area contributed by atoms with Crippen molar-refractivity contribution < 1.29 is 13.6 Å². The molecule has 4 N–H and O–H groups in total. The summed E-state index contributed by atoms with van der Waals surface area (Å²) < 4.78 is 26.5. The highest BCUT2D eigenvalue weighted by atomic mass is 19.3. The molecule has 1 amide bonds. The molecule has 3 aromatic rings. The molecule has 0 saturated heterocycles. The predicted octanol–water partition coefficient (Wildman–Crippen LogP) is 3.62. The van der Waals surface area contributed by atoms with E-state index in [0.717, 1.165) is 11.2 Å². The van der Waals surface area contributed by atoms with Gasteiger partial charge in [-0.05, 0) is 6.07 Å². The van der Waals surface area contributed by atoms with Crippen molar-refractivity contribution in [2.24, 2.45) is 0 Å². The monoisotopic (exact) mass is 370 g/mol. The number of nitrogens with one attached hydrogen (secondary N) is 4. The molecule has 0 fully saturated rings. The Labute approximate surface area is 153 Å². The number of halogens is 2. The Kier molecular flexibility index (Phi) is 4.93. The quantitative estimate of drug-likeness (QED) is 0.416. The zero-order valence-corrected chi connectivity index (χ0v) is 14.3. The minimum absolute atomic E-state index is 0.0753. The Bertz CT molecular complexity index is 1030. The Hall–Kier alpha value is -3.62. The van der Waals surface area contributed by atoms with E-state index in [1.54, 1.807) is 30.3 Å². The number of pyridine rings is 1. The molecule has 0 unspecified atom stereocenters. The van der Waals surface area contributed by atoms with Gasteiger partial charge in [0.05, 0.1) is 11.9 Å². The van der Waals surface area contributed by atoms with Crippen LogP contribution in [-0.2, 0) is 4.79 Å². The number of fused-ring (bicyclic) bond motifs is 1. The standard InChI is InChI=1S/C18H16F2N6O/c1-26(9-21)17(22)18(27)25-15-7-13-10(8-23-15)6-14(24-13)11-4-2-3-5-12(11)16(19)20/h2-9,16,21-22,24H,1H3,(H,23,25,27). The largest absolute Gasteiger partial charge is 0.354 e. The topological polar surface area (TPSA) is 109 Å². The van der Waals surface area contributed by atoms with Crippen LogP contribution in [0.3, 0.4) is 0 Å². The van der Waals surface area contributed by atoms with E-state index in [1.165, 1.54) is 19.3 Å². The van der Waals surface area contributed by atoms with Crippen LogP contribution in [0.4, 0.5) is 14.6 Å². The molecule has 0 bridgehead atoms. The molecule has 1 aromatic carbocycles. The summed E-state index contributed by atoms with van der Waals surface area (Å²) in [5.74, 6) is -0.932. The second-order valence-electron chi connectivity index (χ2n) is 5.77. The number of hydrogen-bond acceptors (Lipinski definition) is 4. The van der Waals surface area contributed by atoms with E-state index < -0.39 is 18.2 Å². The van der Waals surface area contributed by atoms with Crippen LogP contribution in [0.1, 0.15) is 12.0 Å². The highest BCUT2D eigenvalue weighted by Gasteiger charge is 2.16. The number of H-pyrrole nitrogens is 1. The molecule has 0 radical (unpaired) electrons. The number of aromatic amines is 1. The van der Waals surface area contributed by atoms with Crippen molar-refractivity contribution in [2.45, 2.75) is 6.43 Å². The summed E-state index contributed by atoms with van der Waals surface area (Å²) in [6.45, 7) is 0. The van der Waals surface area contributed by atoms with Crippen molar-refractivity contribution in [2.75, 3.05) is 12.4 Å². The van der Waals surface area contributed by atoms with Gasteiger partial charge in [0.15, 0.2) is 5.84 Å². The van der Waals surface area contributed by atoms with Crippen molar-refractivity contribution in [3.63, 3.8) is 0 Å². The van der Waals surface area contributed by atoms with E-state index in [-0.39, 0.29) is 11.4 Å². The number of anilines is 1. The number of nitrogens with zero attached hydrogens (tertiary/aromatic N) is 2. The van der Waals surface area contributed by atoms with Gasteiger partial charge >= 0.3 is 0 Å². The van der Waals surface area contributed by atoms with Gasteiger partial charge in [-0.25, -0.2) is 13.8 Å². The number of benzene rings is 1. The minimum atomic E-state index is -2.60. The number of carbonyl (C=O) groups excluding carboxylic acids is 1. The van der Waals surface area contributed by atoms with E-state index in [0.29, 0.717) is 22.2 Å². The third-order valence-electron chi connectivity index (χ3n) is 3.99. The minimum Gasteiger partial charge on any atom is -0.354 e. The molecular weight excluding hydrogens is 354 g/mol. The normalized spacial score (nSPS) is 10.8. The molecule has 0 aliphatic carbocycles. The summed E-state index contributed by atoms with van der Waals surface area (Å²) in [4.78, 5) is 20.2. The number of aromatic nitrogens is 2. The van der Waals surface area contributed by atoms with Crippen LogP contribution in [0, 0.1) is 10.8 Å². The molecule has 0 aliphatic heterocycles. The van der Waals surface area contributed by atoms with Gasteiger partial charge in [-0.2, -0.15) is 0 Å². The summed E-state index contributed by atoms with van der Waals surface area (Å²) in [5, 5.41) is 17.9. The Morgan fingerprint density at radius 1 is 1.33 bits per heavy atom. The van der Waals surface area contributed by atoms with Crippen molar-refractivity contribution in [3.8, 4) is 11.3 Å². The van der Waals surface area contributed by atoms with Crippen LogP contribution in [0.5, 0.6) is 0 Å². The molecule has 0 spiro atoms. The Morgan fingerprint density at radius 2 is 2.07 bits per heavy atom. The number of amidine groups is 1. The maximum Gasteiger partial charge on any atom is 0.292 e. The van der Waals surface area contributed by atoms with Crippen LogP contribution in [0.15, 0.2) is 42.6 Å².